The topological polar surface area (TPSA) is 111 Å². The highest BCUT2D eigenvalue weighted by atomic mass is 16.8. The van der Waals surface area contributed by atoms with Gasteiger partial charge in [-0.15, -0.1) is 0 Å². The maximum atomic E-state index is 12.3. The number of carbonyl (C=O) groups is 2. The third-order valence-corrected chi connectivity index (χ3v) is 4.86. The SMILES string of the molecule is C[C@@H]1NC(=O)N(C)[C@@H]2NC(=O)N(C)[C@H](c3ccc(N([O-])O)cc3)[C@@H]12. The first-order valence-corrected chi connectivity index (χ1v) is 7.64. The Balaban J connectivity index is 1.99. The summed E-state index contributed by atoms with van der Waals surface area (Å²) in [5, 5.41) is 25.5. The molecule has 2 saturated heterocycles. The summed E-state index contributed by atoms with van der Waals surface area (Å²) >= 11 is 0. The van der Waals surface area contributed by atoms with Crippen LogP contribution in [0.3, 0.4) is 0 Å². The van der Waals surface area contributed by atoms with E-state index in [4.69, 9.17) is 5.21 Å². The van der Waals surface area contributed by atoms with Crippen LogP contribution in [0.15, 0.2) is 24.3 Å². The lowest BCUT2D eigenvalue weighted by atomic mass is 9.81. The van der Waals surface area contributed by atoms with Crippen LogP contribution in [0.25, 0.3) is 0 Å². The molecule has 2 fully saturated rings. The fourth-order valence-electron chi connectivity index (χ4n) is 3.55. The minimum Gasteiger partial charge on any atom is -0.733 e. The van der Waals surface area contributed by atoms with Crippen molar-refractivity contribution in [1.82, 2.24) is 20.4 Å². The molecule has 24 heavy (non-hydrogen) atoms. The van der Waals surface area contributed by atoms with Crippen LogP contribution in [0, 0.1) is 11.1 Å². The standard InChI is InChI=1S/C15H20N5O4/c1-8-11-12(9-4-6-10(7-5-9)20(23)24)18(2)15(22)17-13(11)19(3)14(21)16-8/h4-8,11-13,23H,1-3H3,(H,16,21)(H,17,22)/q-1/t8-,11+,12+,13-/m0/s1. The van der Waals surface area contributed by atoms with Crippen molar-refractivity contribution in [3.8, 4) is 0 Å². The van der Waals surface area contributed by atoms with E-state index in [2.05, 4.69) is 10.6 Å². The lowest BCUT2D eigenvalue weighted by molar-refractivity contribution is 0.0248. The predicted molar refractivity (Wildman–Crippen MR) is 86.1 cm³/mol. The first kappa shape index (κ1) is 16.3. The van der Waals surface area contributed by atoms with Crippen molar-refractivity contribution >= 4 is 17.7 Å². The van der Waals surface area contributed by atoms with E-state index < -0.39 is 6.17 Å². The molecule has 9 nitrogen and oxygen atoms in total. The van der Waals surface area contributed by atoms with Gasteiger partial charge in [0.2, 0.25) is 0 Å². The minimum atomic E-state index is -0.420. The molecule has 0 radical (unpaired) electrons. The van der Waals surface area contributed by atoms with Gasteiger partial charge in [-0.3, -0.25) is 5.21 Å². The highest BCUT2D eigenvalue weighted by Gasteiger charge is 2.49. The van der Waals surface area contributed by atoms with Gasteiger partial charge >= 0.3 is 12.1 Å². The molecule has 4 atom stereocenters. The van der Waals surface area contributed by atoms with Crippen LogP contribution in [0.5, 0.6) is 0 Å². The molecule has 3 N–H and O–H groups in total. The van der Waals surface area contributed by atoms with Crippen LogP contribution in [0.1, 0.15) is 18.5 Å². The van der Waals surface area contributed by atoms with Crippen molar-refractivity contribution in [2.45, 2.75) is 25.2 Å². The van der Waals surface area contributed by atoms with Crippen LogP contribution in [-0.2, 0) is 0 Å². The summed E-state index contributed by atoms with van der Waals surface area (Å²) in [5.74, 6) is -0.0845. The third kappa shape index (κ3) is 2.51. The zero-order valence-corrected chi connectivity index (χ0v) is 13.6. The molecule has 0 saturated carbocycles. The molecule has 1 aromatic rings. The van der Waals surface area contributed by atoms with E-state index in [0.717, 1.165) is 5.56 Å². The number of fused-ring (bicyclic) bond motifs is 1. The molecule has 0 unspecified atom stereocenters. The van der Waals surface area contributed by atoms with Crippen molar-refractivity contribution in [2.24, 2.45) is 5.92 Å². The molecule has 2 aliphatic heterocycles. The largest absolute Gasteiger partial charge is 0.733 e. The lowest BCUT2D eigenvalue weighted by Crippen LogP contribution is -2.71. The second kappa shape index (κ2) is 5.84. The number of anilines is 1. The number of hydrogen-bond donors (Lipinski definition) is 3. The molecule has 0 spiro atoms. The predicted octanol–water partition coefficient (Wildman–Crippen LogP) is 1.06. The summed E-state index contributed by atoms with van der Waals surface area (Å²) in [4.78, 5) is 27.4. The molecule has 0 bridgehead atoms. The molecular formula is C15H20N5O4-. The monoisotopic (exact) mass is 334 g/mol. The van der Waals surface area contributed by atoms with E-state index in [-0.39, 0.29) is 41.0 Å². The maximum absolute atomic E-state index is 12.3. The molecule has 130 valence electrons. The number of carbonyl (C=O) groups excluding carboxylic acids is 2. The number of amides is 4. The number of rotatable bonds is 2. The maximum Gasteiger partial charge on any atom is 0.319 e. The average Bonchev–Trinajstić information content (AvgIpc) is 2.54. The number of hydrogen-bond acceptors (Lipinski definition) is 5. The molecular weight excluding hydrogens is 314 g/mol. The summed E-state index contributed by atoms with van der Waals surface area (Å²) < 4.78 is 0. The molecule has 4 amide bonds. The zero-order chi connectivity index (χ0) is 17.6. The first-order chi connectivity index (χ1) is 11.3. The highest BCUT2D eigenvalue weighted by Crippen LogP contribution is 2.38. The number of nitrogens with zero attached hydrogens (tertiary/aromatic N) is 3. The van der Waals surface area contributed by atoms with Gasteiger partial charge in [0.1, 0.15) is 6.17 Å². The van der Waals surface area contributed by atoms with Gasteiger partial charge in [-0.05, 0) is 24.6 Å². The lowest BCUT2D eigenvalue weighted by Gasteiger charge is -2.52. The van der Waals surface area contributed by atoms with Crippen molar-refractivity contribution in [3.63, 3.8) is 0 Å². The molecule has 3 rings (SSSR count). The van der Waals surface area contributed by atoms with E-state index in [1.807, 2.05) is 6.92 Å². The van der Waals surface area contributed by atoms with Crippen molar-refractivity contribution in [2.75, 3.05) is 19.3 Å². The number of urea groups is 2. The first-order valence-electron chi connectivity index (χ1n) is 7.64. The summed E-state index contributed by atoms with van der Waals surface area (Å²) in [6, 6.07) is 5.46. The van der Waals surface area contributed by atoms with E-state index in [1.54, 1.807) is 31.1 Å². The highest BCUT2D eigenvalue weighted by molar-refractivity contribution is 5.80. The summed E-state index contributed by atoms with van der Waals surface area (Å²) in [5.41, 5.74) is 0.935. The number of benzene rings is 1. The van der Waals surface area contributed by atoms with Crippen LogP contribution in [0.2, 0.25) is 0 Å². The van der Waals surface area contributed by atoms with Gasteiger partial charge in [-0.1, -0.05) is 12.1 Å². The van der Waals surface area contributed by atoms with Gasteiger partial charge in [-0.2, -0.15) is 0 Å². The molecule has 0 aliphatic carbocycles. The van der Waals surface area contributed by atoms with Crippen LogP contribution >= 0.6 is 0 Å². The second-order valence-corrected chi connectivity index (χ2v) is 6.24. The number of nitrogens with one attached hydrogen (secondary N) is 2. The average molecular weight is 334 g/mol. The second-order valence-electron chi connectivity index (χ2n) is 6.24. The fraction of sp³-hybridized carbons (Fsp3) is 0.467. The van der Waals surface area contributed by atoms with Crippen LogP contribution in [-0.4, -0.2) is 53.4 Å². The van der Waals surface area contributed by atoms with Gasteiger partial charge in [0.05, 0.1) is 11.7 Å². The quantitative estimate of drug-likeness (QED) is 0.700. The Morgan fingerprint density at radius 2 is 1.67 bits per heavy atom. The van der Waals surface area contributed by atoms with Gasteiger partial charge in [-0.25, -0.2) is 9.59 Å². The normalized spacial score (nSPS) is 29.7. The molecule has 0 aromatic heterocycles. The van der Waals surface area contributed by atoms with Crippen LogP contribution in [0.4, 0.5) is 15.3 Å². The molecule has 9 heteroatoms. The molecule has 2 aliphatic rings. The summed E-state index contributed by atoms with van der Waals surface area (Å²) in [7, 11) is 3.34. The van der Waals surface area contributed by atoms with E-state index in [0.29, 0.717) is 0 Å². The van der Waals surface area contributed by atoms with E-state index in [9.17, 15) is 14.8 Å². The smallest absolute Gasteiger partial charge is 0.319 e. The Hall–Kier alpha value is -2.52. The Morgan fingerprint density at radius 1 is 1.08 bits per heavy atom. The Bertz CT molecular complexity index is 650. The van der Waals surface area contributed by atoms with Gasteiger partial charge < -0.3 is 30.9 Å². The molecule has 1 aromatic carbocycles. The Morgan fingerprint density at radius 3 is 2.25 bits per heavy atom. The third-order valence-electron chi connectivity index (χ3n) is 4.86. The van der Waals surface area contributed by atoms with Crippen molar-refractivity contribution in [3.05, 3.63) is 35.0 Å². The van der Waals surface area contributed by atoms with Gasteiger partial charge in [0.25, 0.3) is 0 Å². The van der Waals surface area contributed by atoms with Crippen molar-refractivity contribution in [1.29, 1.82) is 0 Å². The van der Waals surface area contributed by atoms with Crippen LogP contribution < -0.4 is 15.9 Å². The fourth-order valence-corrected chi connectivity index (χ4v) is 3.55. The summed E-state index contributed by atoms with van der Waals surface area (Å²) in [6.45, 7) is 1.91. The Labute approximate surface area is 139 Å². The summed E-state index contributed by atoms with van der Waals surface area (Å²) in [6.07, 6.45) is -0.420. The molecule has 2 heterocycles. The minimum absolute atomic E-state index is 0.0845. The van der Waals surface area contributed by atoms with Gasteiger partial charge in [0, 0.05) is 26.1 Å². The van der Waals surface area contributed by atoms with Crippen molar-refractivity contribution < 1.29 is 14.8 Å². The van der Waals surface area contributed by atoms with E-state index in [1.165, 1.54) is 17.0 Å². The van der Waals surface area contributed by atoms with Gasteiger partial charge in [0.15, 0.2) is 0 Å². The van der Waals surface area contributed by atoms with E-state index >= 15 is 0 Å². The zero-order valence-electron chi connectivity index (χ0n) is 13.6. The Kier molecular flexibility index (Phi) is 3.98.